The number of fused-ring (bicyclic) bond motifs is 1. The fraction of sp³-hybridized carbons (Fsp3) is 0.292. The second-order valence-corrected chi connectivity index (χ2v) is 16.0. The number of benzene rings is 4. The third-order valence-corrected chi connectivity index (χ3v) is 10.6. The maximum atomic E-state index is 14.3. The molecule has 4 atom stereocenters. The first-order valence-corrected chi connectivity index (χ1v) is 20.9. The van der Waals surface area contributed by atoms with Crippen molar-refractivity contribution in [3.63, 3.8) is 0 Å². The quantitative estimate of drug-likeness (QED) is 0.0346. The first-order chi connectivity index (χ1) is 31.4. The Morgan fingerprint density at radius 2 is 1.35 bits per heavy atom. The molecule has 5 aromatic rings. The number of aliphatic carboxylic acids is 1. The van der Waals surface area contributed by atoms with Crippen LogP contribution in [0.25, 0.3) is 10.8 Å². The van der Waals surface area contributed by atoms with Gasteiger partial charge in [0.05, 0.1) is 23.3 Å². The van der Waals surface area contributed by atoms with E-state index in [1.807, 2.05) is 36.4 Å². The molecule has 4 aromatic carbocycles. The number of aromatic hydroxyl groups is 1. The van der Waals surface area contributed by atoms with Gasteiger partial charge in [-0.05, 0) is 71.0 Å². The minimum absolute atomic E-state index is 0.0635. The van der Waals surface area contributed by atoms with Crippen LogP contribution in [0.15, 0.2) is 103 Å². The minimum atomic E-state index is -1.66. The maximum Gasteiger partial charge on any atom is 0.339 e. The summed E-state index contributed by atoms with van der Waals surface area (Å²) in [4.78, 5) is 109. The zero-order valence-electron chi connectivity index (χ0n) is 36.6. The van der Waals surface area contributed by atoms with E-state index in [9.17, 15) is 53.9 Å². The highest BCUT2D eigenvalue weighted by Crippen LogP contribution is 2.26. The van der Waals surface area contributed by atoms with Crippen molar-refractivity contribution in [1.82, 2.24) is 26.3 Å². The van der Waals surface area contributed by atoms with Crippen molar-refractivity contribution in [2.75, 3.05) is 6.61 Å². The Bertz CT molecular complexity index is 2620. The van der Waals surface area contributed by atoms with Gasteiger partial charge in [0.15, 0.2) is 18.1 Å². The number of aryl methyl sites for hydroxylation is 2. The van der Waals surface area contributed by atoms with E-state index in [0.717, 1.165) is 22.9 Å². The van der Waals surface area contributed by atoms with Crippen LogP contribution in [-0.4, -0.2) is 92.2 Å². The lowest BCUT2D eigenvalue weighted by Crippen LogP contribution is -2.60. The van der Waals surface area contributed by atoms with Crippen LogP contribution in [0.5, 0.6) is 5.75 Å². The lowest BCUT2D eigenvalue weighted by molar-refractivity contribution is -0.385. The van der Waals surface area contributed by atoms with Crippen molar-refractivity contribution in [2.24, 2.45) is 5.92 Å². The highest BCUT2D eigenvalue weighted by Gasteiger charge is 2.34. The molecule has 0 unspecified atom stereocenters. The van der Waals surface area contributed by atoms with E-state index in [2.05, 4.69) is 26.3 Å². The zero-order chi connectivity index (χ0) is 48.1. The lowest BCUT2D eigenvalue weighted by atomic mass is 9.99. The van der Waals surface area contributed by atoms with Gasteiger partial charge in [-0.3, -0.25) is 43.9 Å². The van der Waals surface area contributed by atoms with Crippen molar-refractivity contribution >= 4 is 57.8 Å². The molecule has 1 aromatic heterocycles. The number of hydrogen-bond acceptors (Lipinski definition) is 12. The van der Waals surface area contributed by atoms with Crippen LogP contribution in [0.1, 0.15) is 58.6 Å². The summed E-state index contributed by atoms with van der Waals surface area (Å²) in [6, 6.07) is 20.7. The van der Waals surface area contributed by atoms with Gasteiger partial charge in [0, 0.05) is 30.8 Å². The summed E-state index contributed by atoms with van der Waals surface area (Å²) in [5.41, 5.74) is 2.02. The molecule has 0 aliphatic carbocycles. The number of hydrogen-bond donors (Lipinski definition) is 6. The smallest absolute Gasteiger partial charge is 0.339 e. The topological polar surface area (TPSA) is 273 Å². The van der Waals surface area contributed by atoms with Crippen LogP contribution in [0, 0.1) is 29.9 Å². The Labute approximate surface area is 379 Å². The SMILES string of the molecule is Cc1cccc(C)c1C(=O)OCC(=O)[C@H](CC(=O)O)NC(=O)[C@@H](NC(=O)[C@H](Cc1ccccn1)NC(=O)[C@H](Cc1ccc2ccccc2c1)NC(=O)Cc1ccc(O)c([N+](=O)[O-])c1)C(C)C. The third-order valence-electron chi connectivity index (χ3n) is 10.6. The number of amides is 4. The summed E-state index contributed by atoms with van der Waals surface area (Å²) in [6.07, 6.45) is -0.0507. The van der Waals surface area contributed by atoms with Crippen molar-refractivity contribution in [3.8, 4) is 5.75 Å². The molecule has 0 aliphatic heterocycles. The Morgan fingerprint density at radius 1 is 0.712 bits per heavy atom. The fourth-order valence-corrected chi connectivity index (χ4v) is 7.19. The van der Waals surface area contributed by atoms with Gasteiger partial charge in [0.1, 0.15) is 24.2 Å². The summed E-state index contributed by atoms with van der Waals surface area (Å²) >= 11 is 0. The van der Waals surface area contributed by atoms with Crippen LogP contribution in [0.3, 0.4) is 0 Å². The number of esters is 1. The van der Waals surface area contributed by atoms with Gasteiger partial charge >= 0.3 is 17.6 Å². The van der Waals surface area contributed by atoms with Gasteiger partial charge in [-0.1, -0.05) is 86.6 Å². The number of carbonyl (C=O) groups excluding carboxylic acids is 6. The molecule has 18 nitrogen and oxygen atoms in total. The van der Waals surface area contributed by atoms with Crippen LogP contribution >= 0.6 is 0 Å². The van der Waals surface area contributed by atoms with Crippen molar-refractivity contribution < 1.29 is 53.4 Å². The van der Waals surface area contributed by atoms with Gasteiger partial charge in [-0.25, -0.2) is 4.79 Å². The number of Topliss-reactive ketones (excluding diaryl/α,β-unsaturated/α-hetero) is 1. The standard InChI is InChI=1S/C48H50N6O12/c1-27(2)44(47(62)51-35(25-42(58)59)40(56)26-66-48(63)43-28(3)10-9-11-29(43)4)53-46(61)37(24-34-14-7-8-19-49-34)52-45(60)36(21-30-15-17-32-12-5-6-13-33(32)20-30)50-41(57)23-31-16-18-39(55)38(22-31)54(64)65/h5-20,22,27,35-37,44,55H,21,23-26H2,1-4H3,(H,50,57)(H,51,62)(H,52,60)(H,53,61)(H,58,59)/t35-,36-,37-,44-/m0/s1. The summed E-state index contributed by atoms with van der Waals surface area (Å²) in [7, 11) is 0. The Hall–Kier alpha value is -8.02. The number of nitro benzene ring substituents is 1. The molecule has 66 heavy (non-hydrogen) atoms. The first kappa shape index (κ1) is 49.0. The van der Waals surface area contributed by atoms with Crippen LogP contribution in [-0.2, 0) is 52.8 Å². The molecule has 18 heteroatoms. The number of ether oxygens (including phenoxy) is 1. The van der Waals surface area contributed by atoms with E-state index in [1.165, 1.54) is 12.3 Å². The molecular formula is C48H50N6O12. The molecule has 0 fully saturated rings. The normalized spacial score (nSPS) is 12.8. The van der Waals surface area contributed by atoms with Gasteiger partial charge in [0.2, 0.25) is 23.6 Å². The van der Waals surface area contributed by atoms with Crippen LogP contribution in [0.2, 0.25) is 0 Å². The number of carboxylic acid groups (broad SMARTS) is 1. The maximum absolute atomic E-state index is 14.3. The molecule has 0 saturated heterocycles. The van der Waals surface area contributed by atoms with Crippen LogP contribution in [0.4, 0.5) is 5.69 Å². The number of nitrogens with zero attached hydrogens (tertiary/aromatic N) is 2. The first-order valence-electron chi connectivity index (χ1n) is 20.9. The zero-order valence-corrected chi connectivity index (χ0v) is 36.6. The van der Waals surface area contributed by atoms with E-state index in [-0.39, 0.29) is 24.0 Å². The molecular weight excluding hydrogens is 853 g/mol. The average molecular weight is 903 g/mol. The average Bonchev–Trinajstić information content (AvgIpc) is 3.27. The number of rotatable bonds is 21. The van der Waals surface area contributed by atoms with Crippen LogP contribution < -0.4 is 21.3 Å². The number of carboxylic acids is 1. The third kappa shape index (κ3) is 13.5. The van der Waals surface area contributed by atoms with E-state index in [1.54, 1.807) is 70.2 Å². The van der Waals surface area contributed by atoms with Crippen molar-refractivity contribution in [2.45, 2.75) is 77.5 Å². The fourth-order valence-electron chi connectivity index (χ4n) is 7.19. The number of carbonyl (C=O) groups is 7. The molecule has 5 rings (SSSR count). The molecule has 0 radical (unpaired) electrons. The van der Waals surface area contributed by atoms with E-state index >= 15 is 0 Å². The predicted octanol–water partition coefficient (Wildman–Crippen LogP) is 3.99. The monoisotopic (exact) mass is 902 g/mol. The van der Waals surface area contributed by atoms with Crippen molar-refractivity contribution in [1.29, 1.82) is 0 Å². The molecule has 1 heterocycles. The van der Waals surface area contributed by atoms with Gasteiger partial charge in [-0.15, -0.1) is 0 Å². The molecule has 0 bridgehead atoms. The van der Waals surface area contributed by atoms with Gasteiger partial charge < -0.3 is 36.2 Å². The molecule has 0 saturated carbocycles. The summed E-state index contributed by atoms with van der Waals surface area (Å²) in [5, 5.41) is 43.2. The predicted molar refractivity (Wildman–Crippen MR) is 240 cm³/mol. The van der Waals surface area contributed by atoms with Gasteiger partial charge in [-0.2, -0.15) is 0 Å². The number of nitro groups is 1. The second kappa shape index (κ2) is 22.6. The summed E-state index contributed by atoms with van der Waals surface area (Å²) < 4.78 is 5.23. The lowest BCUT2D eigenvalue weighted by Gasteiger charge is -2.28. The Kier molecular flexibility index (Phi) is 16.7. The summed E-state index contributed by atoms with van der Waals surface area (Å²) in [5.74, 6) is -7.71. The molecule has 4 amide bonds. The molecule has 0 spiro atoms. The molecule has 0 aliphatic rings. The Balaban J connectivity index is 1.37. The van der Waals surface area contributed by atoms with Crippen molar-refractivity contribution in [3.05, 3.63) is 147 Å². The summed E-state index contributed by atoms with van der Waals surface area (Å²) in [6.45, 7) is 5.71. The number of phenols is 1. The van der Waals surface area contributed by atoms with Gasteiger partial charge in [0.25, 0.3) is 0 Å². The number of pyridine rings is 1. The second-order valence-electron chi connectivity index (χ2n) is 16.0. The van der Waals surface area contributed by atoms with E-state index in [4.69, 9.17) is 4.74 Å². The van der Waals surface area contributed by atoms with E-state index in [0.29, 0.717) is 22.4 Å². The van der Waals surface area contributed by atoms with E-state index < -0.39 is 107 Å². The Morgan fingerprint density at radius 3 is 2.00 bits per heavy atom. The molecule has 6 N–H and O–H groups in total. The highest BCUT2D eigenvalue weighted by atomic mass is 16.6. The number of aromatic nitrogens is 1. The highest BCUT2D eigenvalue weighted by molar-refractivity contribution is 5.99. The minimum Gasteiger partial charge on any atom is -0.502 e. The number of ketones is 1. The largest absolute Gasteiger partial charge is 0.502 e. The number of nitrogens with one attached hydrogen (secondary N) is 4. The number of phenolic OH excluding ortho intramolecular Hbond substituents is 1. The molecule has 344 valence electrons.